The Labute approximate surface area is 142 Å². The van der Waals surface area contributed by atoms with Gasteiger partial charge in [0.2, 0.25) is 0 Å². The van der Waals surface area contributed by atoms with Crippen molar-refractivity contribution in [1.82, 2.24) is 10.6 Å². The number of rotatable bonds is 4. The molecule has 120 valence electrons. The molecule has 0 bridgehead atoms. The van der Waals surface area contributed by atoms with Gasteiger partial charge in [0.25, 0.3) is 0 Å². The first-order valence-electron chi connectivity index (χ1n) is 8.19. The monoisotopic (exact) mass is 316 g/mol. The highest BCUT2D eigenvalue weighted by Gasteiger charge is 2.36. The average molecular weight is 316 g/mol. The predicted molar refractivity (Wildman–Crippen MR) is 92.9 cm³/mol. The molecule has 0 amide bonds. The highest BCUT2D eigenvalue weighted by molar-refractivity contribution is 5.23. The lowest BCUT2D eigenvalue weighted by atomic mass is 9.90. The van der Waals surface area contributed by atoms with E-state index in [4.69, 9.17) is 0 Å². The molecule has 0 saturated carbocycles. The summed E-state index contributed by atoms with van der Waals surface area (Å²) in [5, 5.41) is 25.8. The lowest BCUT2D eigenvalue weighted by Crippen LogP contribution is -2.66. The number of hydrogen-bond acceptors (Lipinski definition) is 4. The summed E-state index contributed by atoms with van der Waals surface area (Å²) in [6.45, 7) is 0. The van der Waals surface area contributed by atoms with Crippen LogP contribution in [0.2, 0.25) is 0 Å². The maximum atomic E-state index is 9.55. The third kappa shape index (κ3) is 3.81. The first-order valence-corrected chi connectivity index (χ1v) is 8.19. The Hall–Kier alpha value is -2.66. The summed E-state index contributed by atoms with van der Waals surface area (Å²) in [7, 11) is 0. The zero-order chi connectivity index (χ0) is 16.8. The lowest BCUT2D eigenvalue weighted by Gasteiger charge is -2.38. The standard InChI is InChI=1S/C20H20N4/c21-13-19-17(11-15-7-3-1-4-8-15)23-20(14-22)18(24-19)12-16-9-5-2-6-10-16/h1-10,17-20,23-24H,11-12H2/t17-,18-,19?,20?/m0/s1. The van der Waals surface area contributed by atoms with E-state index >= 15 is 0 Å². The number of piperazine rings is 1. The van der Waals surface area contributed by atoms with Crippen LogP contribution in [0.3, 0.4) is 0 Å². The van der Waals surface area contributed by atoms with E-state index < -0.39 is 0 Å². The third-order valence-corrected chi connectivity index (χ3v) is 4.47. The molecule has 4 heteroatoms. The molecule has 0 aliphatic carbocycles. The topological polar surface area (TPSA) is 71.6 Å². The van der Waals surface area contributed by atoms with Gasteiger partial charge in [-0.25, -0.2) is 0 Å². The Morgan fingerprint density at radius 3 is 1.38 bits per heavy atom. The van der Waals surface area contributed by atoms with Gasteiger partial charge in [0, 0.05) is 12.1 Å². The summed E-state index contributed by atoms with van der Waals surface area (Å²) in [5.74, 6) is 0. The molecule has 1 heterocycles. The van der Waals surface area contributed by atoms with Crippen molar-refractivity contribution in [2.24, 2.45) is 0 Å². The molecule has 0 aromatic heterocycles. The first kappa shape index (κ1) is 16.2. The van der Waals surface area contributed by atoms with Crippen molar-refractivity contribution in [3.8, 4) is 12.1 Å². The van der Waals surface area contributed by atoms with Gasteiger partial charge in [0.05, 0.1) is 12.1 Å². The van der Waals surface area contributed by atoms with E-state index in [1.165, 1.54) is 0 Å². The molecule has 1 saturated heterocycles. The molecule has 2 aromatic rings. The molecule has 24 heavy (non-hydrogen) atoms. The fourth-order valence-electron chi connectivity index (χ4n) is 3.23. The Kier molecular flexibility index (Phi) is 5.23. The molecule has 0 radical (unpaired) electrons. The number of hydrogen-bond donors (Lipinski definition) is 2. The quantitative estimate of drug-likeness (QED) is 0.907. The largest absolute Gasteiger partial charge is 0.295 e. The van der Waals surface area contributed by atoms with Crippen molar-refractivity contribution in [1.29, 1.82) is 10.5 Å². The van der Waals surface area contributed by atoms with Gasteiger partial charge in [-0.1, -0.05) is 60.7 Å². The highest BCUT2D eigenvalue weighted by atomic mass is 15.1. The molecule has 2 aromatic carbocycles. The van der Waals surface area contributed by atoms with Crippen LogP contribution >= 0.6 is 0 Å². The Balaban J connectivity index is 1.73. The van der Waals surface area contributed by atoms with Crippen molar-refractivity contribution in [3.05, 3.63) is 71.8 Å². The van der Waals surface area contributed by atoms with Crippen molar-refractivity contribution >= 4 is 0 Å². The summed E-state index contributed by atoms with van der Waals surface area (Å²) < 4.78 is 0. The highest BCUT2D eigenvalue weighted by Crippen LogP contribution is 2.16. The van der Waals surface area contributed by atoms with Crippen LogP contribution < -0.4 is 10.6 Å². The molecular formula is C20H20N4. The van der Waals surface area contributed by atoms with Gasteiger partial charge in [-0.2, -0.15) is 10.5 Å². The van der Waals surface area contributed by atoms with E-state index in [0.717, 1.165) is 24.0 Å². The number of benzene rings is 2. The zero-order valence-corrected chi connectivity index (χ0v) is 13.4. The Morgan fingerprint density at radius 1 is 0.667 bits per heavy atom. The first-order chi connectivity index (χ1) is 11.8. The minimum atomic E-state index is -0.316. The van der Waals surface area contributed by atoms with E-state index in [2.05, 4.69) is 22.8 Å². The summed E-state index contributed by atoms with van der Waals surface area (Å²) >= 11 is 0. The number of nitriles is 2. The van der Waals surface area contributed by atoms with E-state index in [9.17, 15) is 10.5 Å². The normalized spacial score (nSPS) is 26.2. The summed E-state index contributed by atoms with van der Waals surface area (Å²) in [6.07, 6.45) is 1.45. The molecule has 1 aliphatic heterocycles. The van der Waals surface area contributed by atoms with Crippen LogP contribution in [-0.4, -0.2) is 24.2 Å². The SMILES string of the molecule is N#CC1N[C@@H](Cc2ccccc2)C(C#N)N[C@H]1Cc1ccccc1. The maximum absolute atomic E-state index is 9.55. The lowest BCUT2D eigenvalue weighted by molar-refractivity contribution is 0.265. The number of nitrogens with zero attached hydrogens (tertiary/aromatic N) is 2. The molecule has 4 nitrogen and oxygen atoms in total. The molecule has 1 fully saturated rings. The van der Waals surface area contributed by atoms with Crippen LogP contribution in [0, 0.1) is 22.7 Å². The second-order valence-corrected chi connectivity index (χ2v) is 6.14. The second kappa shape index (κ2) is 7.75. The van der Waals surface area contributed by atoms with Gasteiger partial charge in [-0.05, 0) is 24.0 Å². The van der Waals surface area contributed by atoms with Crippen LogP contribution in [0.5, 0.6) is 0 Å². The van der Waals surface area contributed by atoms with Crippen molar-refractivity contribution < 1.29 is 0 Å². The van der Waals surface area contributed by atoms with Gasteiger partial charge in [-0.15, -0.1) is 0 Å². The van der Waals surface area contributed by atoms with Gasteiger partial charge in [0.15, 0.2) is 0 Å². The van der Waals surface area contributed by atoms with Gasteiger partial charge in [0.1, 0.15) is 12.1 Å². The fraction of sp³-hybridized carbons (Fsp3) is 0.300. The molecule has 0 spiro atoms. The van der Waals surface area contributed by atoms with Gasteiger partial charge in [-0.3, -0.25) is 10.6 Å². The molecule has 3 rings (SSSR count). The van der Waals surface area contributed by atoms with Crippen LogP contribution in [0.25, 0.3) is 0 Å². The average Bonchev–Trinajstić information content (AvgIpc) is 2.64. The van der Waals surface area contributed by atoms with Crippen LogP contribution in [0.15, 0.2) is 60.7 Å². The van der Waals surface area contributed by atoms with Crippen molar-refractivity contribution in [3.63, 3.8) is 0 Å². The minimum absolute atomic E-state index is 0.0749. The van der Waals surface area contributed by atoms with Crippen LogP contribution in [-0.2, 0) is 12.8 Å². The number of nitrogens with one attached hydrogen (secondary N) is 2. The molecule has 2 unspecified atom stereocenters. The molecule has 4 atom stereocenters. The van der Waals surface area contributed by atoms with Gasteiger partial charge >= 0.3 is 0 Å². The molecular weight excluding hydrogens is 296 g/mol. The van der Waals surface area contributed by atoms with Crippen LogP contribution in [0.1, 0.15) is 11.1 Å². The summed E-state index contributed by atoms with van der Waals surface area (Å²) in [6, 6.07) is 24.0. The predicted octanol–water partition coefficient (Wildman–Crippen LogP) is 2.19. The van der Waals surface area contributed by atoms with Crippen molar-refractivity contribution in [2.75, 3.05) is 0 Å². The minimum Gasteiger partial charge on any atom is -0.295 e. The van der Waals surface area contributed by atoms with E-state index in [1.54, 1.807) is 0 Å². The fourth-order valence-corrected chi connectivity index (χ4v) is 3.23. The maximum Gasteiger partial charge on any atom is 0.111 e. The zero-order valence-electron chi connectivity index (χ0n) is 13.4. The van der Waals surface area contributed by atoms with Crippen molar-refractivity contribution in [2.45, 2.75) is 37.0 Å². The van der Waals surface area contributed by atoms with E-state index in [-0.39, 0.29) is 24.2 Å². The third-order valence-electron chi connectivity index (χ3n) is 4.47. The van der Waals surface area contributed by atoms with Gasteiger partial charge < -0.3 is 0 Å². The molecule has 1 aliphatic rings. The summed E-state index contributed by atoms with van der Waals surface area (Å²) in [5.41, 5.74) is 2.32. The van der Waals surface area contributed by atoms with Crippen LogP contribution in [0.4, 0.5) is 0 Å². The second-order valence-electron chi connectivity index (χ2n) is 6.14. The Bertz CT molecular complexity index is 664. The van der Waals surface area contributed by atoms with E-state index in [1.807, 2.05) is 60.7 Å². The summed E-state index contributed by atoms with van der Waals surface area (Å²) in [4.78, 5) is 0. The Morgan fingerprint density at radius 2 is 1.04 bits per heavy atom. The molecule has 2 N–H and O–H groups in total. The van der Waals surface area contributed by atoms with E-state index in [0.29, 0.717) is 0 Å². The smallest absolute Gasteiger partial charge is 0.111 e.